The summed E-state index contributed by atoms with van der Waals surface area (Å²) in [5.41, 5.74) is 0. The van der Waals surface area contributed by atoms with Crippen LogP contribution in [0.2, 0.25) is 0 Å². The number of sulfonamides is 1. The van der Waals surface area contributed by atoms with Crippen LogP contribution in [0.1, 0.15) is 0 Å². The van der Waals surface area contributed by atoms with Crippen LogP contribution >= 0.6 is 31.9 Å². The first kappa shape index (κ1) is 14.4. The largest absolute Gasteiger partial charge is 0.263 e. The predicted molar refractivity (Wildman–Crippen MR) is 76.8 cm³/mol. The molecule has 19 heavy (non-hydrogen) atoms. The Hall–Kier alpha value is -0.990. The van der Waals surface area contributed by atoms with E-state index >= 15 is 0 Å². The second-order valence-corrected chi connectivity index (χ2v) is 7.00. The van der Waals surface area contributed by atoms with E-state index in [1.165, 1.54) is 12.1 Å². The molecule has 0 saturated carbocycles. The predicted octanol–water partition coefficient (Wildman–Crippen LogP) is 3.55. The second kappa shape index (κ2) is 5.56. The molecule has 2 aromatic rings. The van der Waals surface area contributed by atoms with E-state index in [0.717, 1.165) is 16.7 Å². The molecule has 1 aromatic carbocycles. The fraction of sp³-hybridized carbons (Fsp3) is 0. The summed E-state index contributed by atoms with van der Waals surface area (Å²) < 4.78 is 40.3. The summed E-state index contributed by atoms with van der Waals surface area (Å²) in [5.74, 6) is -0.525. The molecule has 2 rings (SSSR count). The molecule has 0 atom stereocenters. The van der Waals surface area contributed by atoms with Crippen molar-refractivity contribution >= 4 is 47.7 Å². The highest BCUT2D eigenvalue weighted by Gasteiger charge is 2.16. The summed E-state index contributed by atoms with van der Waals surface area (Å²) in [5, 5.41) is 0. The van der Waals surface area contributed by atoms with Crippen LogP contribution in [0.25, 0.3) is 0 Å². The van der Waals surface area contributed by atoms with Gasteiger partial charge in [-0.3, -0.25) is 4.72 Å². The van der Waals surface area contributed by atoms with Crippen LogP contribution in [0.15, 0.2) is 50.4 Å². The van der Waals surface area contributed by atoms with Crippen molar-refractivity contribution in [1.29, 1.82) is 0 Å². The molecule has 100 valence electrons. The summed E-state index contributed by atoms with van der Waals surface area (Å²) in [7, 11) is -3.75. The maximum atomic E-state index is 12.9. The van der Waals surface area contributed by atoms with Gasteiger partial charge in [0, 0.05) is 4.47 Å². The lowest BCUT2D eigenvalue weighted by Gasteiger charge is -2.08. The molecule has 0 aliphatic rings. The van der Waals surface area contributed by atoms with Crippen molar-refractivity contribution < 1.29 is 12.8 Å². The summed E-state index contributed by atoms with van der Waals surface area (Å²) in [4.78, 5) is 3.78. The smallest absolute Gasteiger partial charge is 0.262 e. The van der Waals surface area contributed by atoms with E-state index in [4.69, 9.17) is 0 Å². The van der Waals surface area contributed by atoms with Crippen LogP contribution in [-0.2, 0) is 10.0 Å². The summed E-state index contributed by atoms with van der Waals surface area (Å²) in [6.07, 6.45) is 0.935. The third-order valence-electron chi connectivity index (χ3n) is 2.16. The van der Waals surface area contributed by atoms with Gasteiger partial charge in [-0.25, -0.2) is 17.8 Å². The molecular weight excluding hydrogens is 403 g/mol. The van der Waals surface area contributed by atoms with Gasteiger partial charge in [0.15, 0.2) is 5.82 Å². The first-order valence-corrected chi connectivity index (χ1v) is 8.05. The Bertz CT molecular complexity index is 705. The number of hydrogen-bond donors (Lipinski definition) is 1. The zero-order chi connectivity index (χ0) is 14.0. The fourth-order valence-corrected chi connectivity index (χ4v) is 3.13. The number of anilines is 1. The maximum absolute atomic E-state index is 12.9. The number of rotatable bonds is 3. The topological polar surface area (TPSA) is 59.1 Å². The first-order chi connectivity index (χ1) is 8.88. The molecule has 0 bridgehead atoms. The molecule has 0 spiro atoms. The van der Waals surface area contributed by atoms with Crippen molar-refractivity contribution in [2.45, 2.75) is 4.90 Å². The van der Waals surface area contributed by atoms with Crippen molar-refractivity contribution in [3.05, 3.63) is 51.3 Å². The van der Waals surface area contributed by atoms with Gasteiger partial charge in [0.2, 0.25) is 0 Å². The summed E-state index contributed by atoms with van der Waals surface area (Å²) >= 11 is 6.27. The molecule has 0 fully saturated rings. The molecule has 1 aromatic heterocycles. The van der Waals surface area contributed by atoms with Gasteiger partial charge >= 0.3 is 0 Å². The fourth-order valence-electron chi connectivity index (χ4n) is 1.29. The minimum absolute atomic E-state index is 0.0318. The van der Waals surface area contributed by atoms with E-state index in [-0.39, 0.29) is 15.2 Å². The highest BCUT2D eigenvalue weighted by Crippen LogP contribution is 2.23. The van der Waals surface area contributed by atoms with Gasteiger partial charge in [0.25, 0.3) is 10.0 Å². The third-order valence-corrected chi connectivity index (χ3v) is 4.65. The number of hydrogen-bond acceptors (Lipinski definition) is 3. The van der Waals surface area contributed by atoms with Gasteiger partial charge < -0.3 is 0 Å². The highest BCUT2D eigenvalue weighted by atomic mass is 79.9. The Morgan fingerprint density at radius 3 is 2.37 bits per heavy atom. The highest BCUT2D eigenvalue weighted by molar-refractivity contribution is 9.10. The Morgan fingerprint density at radius 1 is 1.16 bits per heavy atom. The minimum atomic E-state index is -3.75. The standard InChI is InChI=1S/C11H7Br2FN2O2S/c12-7-1-3-9(4-2-7)19(17,18)16-11-10(13)5-8(14)6-15-11/h1-6H,(H,15,16). The zero-order valence-electron chi connectivity index (χ0n) is 9.27. The quantitative estimate of drug-likeness (QED) is 0.843. The van der Waals surface area contributed by atoms with Crippen LogP contribution < -0.4 is 4.72 Å². The van der Waals surface area contributed by atoms with E-state index in [9.17, 15) is 12.8 Å². The lowest BCUT2D eigenvalue weighted by atomic mass is 10.4. The van der Waals surface area contributed by atoms with Gasteiger partial charge in [0.05, 0.1) is 15.6 Å². The molecule has 0 saturated heterocycles. The average molecular weight is 410 g/mol. The number of benzene rings is 1. The van der Waals surface area contributed by atoms with E-state index in [0.29, 0.717) is 0 Å². The van der Waals surface area contributed by atoms with Crippen LogP contribution in [0.5, 0.6) is 0 Å². The Morgan fingerprint density at radius 2 is 1.79 bits per heavy atom. The van der Waals surface area contributed by atoms with Gasteiger partial charge in [-0.1, -0.05) is 15.9 Å². The van der Waals surface area contributed by atoms with Gasteiger partial charge in [-0.05, 0) is 46.3 Å². The Labute approximate surface area is 126 Å². The zero-order valence-corrected chi connectivity index (χ0v) is 13.3. The summed E-state index contributed by atoms with van der Waals surface area (Å²) in [6.45, 7) is 0. The normalized spacial score (nSPS) is 11.3. The van der Waals surface area contributed by atoms with Crippen LogP contribution in [0.3, 0.4) is 0 Å². The van der Waals surface area contributed by atoms with Crippen molar-refractivity contribution in [3.8, 4) is 0 Å². The summed E-state index contributed by atoms with van der Waals surface area (Å²) in [6, 6.07) is 7.25. The van der Waals surface area contributed by atoms with Crippen LogP contribution in [0, 0.1) is 5.82 Å². The first-order valence-electron chi connectivity index (χ1n) is 4.98. The Balaban J connectivity index is 2.33. The molecule has 8 heteroatoms. The molecule has 0 aliphatic carbocycles. The molecule has 0 unspecified atom stereocenters. The lowest BCUT2D eigenvalue weighted by molar-refractivity contribution is 0.600. The monoisotopic (exact) mass is 408 g/mol. The minimum Gasteiger partial charge on any atom is -0.262 e. The molecule has 0 radical (unpaired) electrons. The van der Waals surface area contributed by atoms with Gasteiger partial charge in [0.1, 0.15) is 5.82 Å². The number of halogens is 3. The van der Waals surface area contributed by atoms with E-state index in [1.807, 2.05) is 0 Å². The van der Waals surface area contributed by atoms with E-state index in [2.05, 4.69) is 41.6 Å². The average Bonchev–Trinajstić information content (AvgIpc) is 2.33. The van der Waals surface area contributed by atoms with Crippen molar-refractivity contribution in [2.24, 2.45) is 0 Å². The maximum Gasteiger partial charge on any atom is 0.263 e. The van der Waals surface area contributed by atoms with E-state index in [1.54, 1.807) is 12.1 Å². The van der Waals surface area contributed by atoms with Crippen LogP contribution in [-0.4, -0.2) is 13.4 Å². The number of aromatic nitrogens is 1. The van der Waals surface area contributed by atoms with Crippen molar-refractivity contribution in [1.82, 2.24) is 4.98 Å². The molecule has 0 aliphatic heterocycles. The van der Waals surface area contributed by atoms with Gasteiger partial charge in [-0.2, -0.15) is 0 Å². The van der Waals surface area contributed by atoms with E-state index < -0.39 is 15.8 Å². The molecule has 1 N–H and O–H groups in total. The van der Waals surface area contributed by atoms with Crippen LogP contribution in [0.4, 0.5) is 10.2 Å². The third kappa shape index (κ3) is 3.52. The Kier molecular flexibility index (Phi) is 4.22. The van der Waals surface area contributed by atoms with Crippen molar-refractivity contribution in [2.75, 3.05) is 4.72 Å². The molecule has 1 heterocycles. The molecule has 0 amide bonds. The number of nitrogens with zero attached hydrogens (tertiary/aromatic N) is 1. The van der Waals surface area contributed by atoms with Gasteiger partial charge in [-0.15, -0.1) is 0 Å². The van der Waals surface area contributed by atoms with Crippen molar-refractivity contribution in [3.63, 3.8) is 0 Å². The number of nitrogens with one attached hydrogen (secondary N) is 1. The lowest BCUT2D eigenvalue weighted by Crippen LogP contribution is -2.14. The molecular formula is C11H7Br2FN2O2S. The second-order valence-electron chi connectivity index (χ2n) is 3.54. The number of pyridine rings is 1. The molecule has 4 nitrogen and oxygen atoms in total. The SMILES string of the molecule is O=S(=O)(Nc1ncc(F)cc1Br)c1ccc(Br)cc1.